The standard InChI is InChI=1S/C30H41N2O12P/c1-23(33)39-19-27(43-24(2)34)21-41-45(37,38)42-22-28(44-30(36)14-16-32-18-26-11-7-4-8-12-26)20-40-29(35)13-15-31-17-25-9-5-3-6-10-25/h3-12,27-28,31-32H,13-22H2,1-2H3,(H,37,38)/t27-,28?/m1/s1. The van der Waals surface area contributed by atoms with E-state index < -0.39 is 70.3 Å². The van der Waals surface area contributed by atoms with E-state index >= 15 is 0 Å². The summed E-state index contributed by atoms with van der Waals surface area (Å²) in [4.78, 5) is 57.3. The van der Waals surface area contributed by atoms with Gasteiger partial charge in [-0.3, -0.25) is 28.2 Å². The number of carbonyl (C=O) groups is 4. The quantitative estimate of drug-likeness (QED) is 0.0729. The summed E-state index contributed by atoms with van der Waals surface area (Å²) in [6, 6.07) is 19.2. The van der Waals surface area contributed by atoms with Gasteiger partial charge in [0.15, 0.2) is 12.2 Å². The second-order valence-corrected chi connectivity index (χ2v) is 11.2. The summed E-state index contributed by atoms with van der Waals surface area (Å²) in [5.74, 6) is -2.63. The summed E-state index contributed by atoms with van der Waals surface area (Å²) in [7, 11) is -4.78. The van der Waals surface area contributed by atoms with Crippen molar-refractivity contribution in [2.75, 3.05) is 39.5 Å². The summed E-state index contributed by atoms with van der Waals surface area (Å²) >= 11 is 0. The van der Waals surface area contributed by atoms with Gasteiger partial charge in [0.25, 0.3) is 0 Å². The molecule has 2 unspecified atom stereocenters. The first kappa shape index (κ1) is 37.5. The van der Waals surface area contributed by atoms with E-state index in [9.17, 15) is 28.6 Å². The minimum absolute atomic E-state index is 0.0270. The van der Waals surface area contributed by atoms with E-state index in [-0.39, 0.29) is 19.4 Å². The van der Waals surface area contributed by atoms with E-state index in [0.29, 0.717) is 19.6 Å². The van der Waals surface area contributed by atoms with Gasteiger partial charge in [-0.2, -0.15) is 0 Å². The van der Waals surface area contributed by atoms with E-state index in [4.69, 9.17) is 28.0 Å². The Balaban J connectivity index is 1.86. The van der Waals surface area contributed by atoms with Crippen molar-refractivity contribution in [3.05, 3.63) is 71.8 Å². The van der Waals surface area contributed by atoms with E-state index in [0.717, 1.165) is 25.0 Å². The van der Waals surface area contributed by atoms with Gasteiger partial charge in [-0.25, -0.2) is 4.57 Å². The van der Waals surface area contributed by atoms with Crippen molar-refractivity contribution in [2.45, 2.75) is 52.0 Å². The Bertz CT molecular complexity index is 1230. The summed E-state index contributed by atoms with van der Waals surface area (Å²) in [6.07, 6.45) is -2.42. The summed E-state index contributed by atoms with van der Waals surface area (Å²) in [6.45, 7) is 1.81. The topological polar surface area (TPSA) is 185 Å². The molecule has 0 saturated heterocycles. The molecule has 0 aromatic heterocycles. The van der Waals surface area contributed by atoms with Crippen molar-refractivity contribution in [1.82, 2.24) is 10.6 Å². The van der Waals surface area contributed by atoms with Crippen molar-refractivity contribution >= 4 is 31.7 Å². The number of phosphoric acid groups is 1. The molecule has 45 heavy (non-hydrogen) atoms. The zero-order valence-corrected chi connectivity index (χ0v) is 26.3. The third kappa shape index (κ3) is 18.7. The first-order chi connectivity index (χ1) is 21.5. The smallest absolute Gasteiger partial charge is 0.462 e. The Hall–Kier alpha value is -3.65. The Kier molecular flexibility index (Phi) is 17.6. The maximum atomic E-state index is 12.5. The first-order valence-electron chi connectivity index (χ1n) is 14.3. The summed E-state index contributed by atoms with van der Waals surface area (Å²) in [5.41, 5.74) is 2.08. The highest BCUT2D eigenvalue weighted by molar-refractivity contribution is 7.47. The molecule has 15 heteroatoms. The van der Waals surface area contributed by atoms with Crippen LogP contribution in [0.2, 0.25) is 0 Å². The van der Waals surface area contributed by atoms with Crippen molar-refractivity contribution in [3.8, 4) is 0 Å². The maximum Gasteiger partial charge on any atom is 0.472 e. The molecule has 0 amide bonds. The minimum atomic E-state index is -4.78. The van der Waals surface area contributed by atoms with Crippen LogP contribution < -0.4 is 10.6 Å². The lowest BCUT2D eigenvalue weighted by Crippen LogP contribution is -2.31. The lowest BCUT2D eigenvalue weighted by molar-refractivity contribution is -0.161. The molecule has 3 N–H and O–H groups in total. The van der Waals surface area contributed by atoms with Crippen LogP contribution in [0, 0.1) is 0 Å². The molecular formula is C30H41N2O12P. The van der Waals surface area contributed by atoms with Gasteiger partial charge < -0.3 is 34.5 Å². The van der Waals surface area contributed by atoms with Crippen LogP contribution in [0.5, 0.6) is 0 Å². The second kappa shape index (κ2) is 21.2. The molecule has 2 rings (SSSR count). The average molecular weight is 653 g/mol. The second-order valence-electron chi connectivity index (χ2n) is 9.71. The highest BCUT2D eigenvalue weighted by Gasteiger charge is 2.28. The number of hydrogen-bond acceptors (Lipinski definition) is 13. The van der Waals surface area contributed by atoms with Crippen LogP contribution in [0.25, 0.3) is 0 Å². The van der Waals surface area contributed by atoms with Gasteiger partial charge >= 0.3 is 31.7 Å². The van der Waals surface area contributed by atoms with E-state index in [1.54, 1.807) is 0 Å². The van der Waals surface area contributed by atoms with E-state index in [1.807, 2.05) is 60.7 Å². The monoisotopic (exact) mass is 652 g/mol. The fraction of sp³-hybridized carbons (Fsp3) is 0.467. The molecule has 0 heterocycles. The molecule has 3 atom stereocenters. The van der Waals surface area contributed by atoms with Crippen LogP contribution in [-0.2, 0) is 64.8 Å². The van der Waals surface area contributed by atoms with Gasteiger partial charge in [-0.1, -0.05) is 60.7 Å². The van der Waals surface area contributed by atoms with Crippen LogP contribution in [0.1, 0.15) is 37.8 Å². The molecule has 0 aliphatic carbocycles. The number of esters is 4. The fourth-order valence-corrected chi connectivity index (χ4v) is 4.39. The molecule has 0 aliphatic heterocycles. The predicted molar refractivity (Wildman–Crippen MR) is 160 cm³/mol. The van der Waals surface area contributed by atoms with E-state index in [1.165, 1.54) is 0 Å². The van der Waals surface area contributed by atoms with Gasteiger partial charge in [-0.15, -0.1) is 0 Å². The highest BCUT2D eigenvalue weighted by Crippen LogP contribution is 2.43. The van der Waals surface area contributed by atoms with Gasteiger partial charge in [0.2, 0.25) is 0 Å². The number of carbonyl (C=O) groups excluding carboxylic acids is 4. The molecule has 0 radical (unpaired) electrons. The Morgan fingerprint density at radius 2 is 1.13 bits per heavy atom. The van der Waals surface area contributed by atoms with Crippen LogP contribution in [0.3, 0.4) is 0 Å². The maximum absolute atomic E-state index is 12.5. The molecular weight excluding hydrogens is 611 g/mol. The van der Waals surface area contributed by atoms with Gasteiger partial charge in [-0.05, 0) is 11.1 Å². The summed E-state index contributed by atoms with van der Waals surface area (Å²) < 4.78 is 42.6. The molecule has 0 fully saturated rings. The summed E-state index contributed by atoms with van der Waals surface area (Å²) in [5, 5.41) is 6.24. The average Bonchev–Trinajstić information content (AvgIpc) is 3.01. The zero-order chi connectivity index (χ0) is 32.9. The first-order valence-corrected chi connectivity index (χ1v) is 15.8. The number of rotatable bonds is 22. The van der Waals surface area contributed by atoms with Crippen molar-refractivity contribution in [3.63, 3.8) is 0 Å². The Labute approximate surface area is 262 Å². The number of phosphoric ester groups is 1. The number of nitrogens with one attached hydrogen (secondary N) is 2. The molecule has 0 aliphatic rings. The molecule has 2 aromatic carbocycles. The fourth-order valence-electron chi connectivity index (χ4n) is 3.61. The van der Waals surface area contributed by atoms with Gasteiger partial charge in [0.1, 0.15) is 13.2 Å². The third-order valence-electron chi connectivity index (χ3n) is 5.74. The van der Waals surface area contributed by atoms with Crippen LogP contribution in [0.4, 0.5) is 0 Å². The SMILES string of the molecule is CC(=O)OC[C@H](COP(=O)(O)OCC(COC(=O)CCNCc1ccccc1)OC(=O)CCNCc1ccccc1)OC(C)=O. The lowest BCUT2D eigenvalue weighted by atomic mass is 10.2. The molecule has 0 bridgehead atoms. The third-order valence-corrected chi connectivity index (χ3v) is 6.69. The van der Waals surface area contributed by atoms with Crippen molar-refractivity contribution in [2.24, 2.45) is 0 Å². The van der Waals surface area contributed by atoms with E-state index in [2.05, 4.69) is 10.6 Å². The van der Waals surface area contributed by atoms with Crippen LogP contribution in [-0.4, -0.2) is 80.5 Å². The molecule has 2 aromatic rings. The Morgan fingerprint density at radius 3 is 1.62 bits per heavy atom. The molecule has 248 valence electrons. The van der Waals surface area contributed by atoms with Crippen molar-refractivity contribution < 1.29 is 56.6 Å². The zero-order valence-electron chi connectivity index (χ0n) is 25.4. The molecule has 0 spiro atoms. The van der Waals surface area contributed by atoms with Crippen molar-refractivity contribution in [1.29, 1.82) is 0 Å². The Morgan fingerprint density at radius 1 is 0.667 bits per heavy atom. The van der Waals surface area contributed by atoms with Gasteiger partial charge in [0, 0.05) is 40.0 Å². The number of hydrogen-bond donors (Lipinski definition) is 3. The van der Waals surface area contributed by atoms with Crippen LogP contribution in [0.15, 0.2) is 60.7 Å². The molecule has 0 saturated carbocycles. The molecule has 14 nitrogen and oxygen atoms in total. The number of benzene rings is 2. The number of ether oxygens (including phenoxy) is 4. The largest absolute Gasteiger partial charge is 0.472 e. The van der Waals surface area contributed by atoms with Gasteiger partial charge in [0.05, 0.1) is 26.1 Å². The highest BCUT2D eigenvalue weighted by atomic mass is 31.2. The van der Waals surface area contributed by atoms with Crippen LogP contribution >= 0.6 is 7.82 Å². The lowest BCUT2D eigenvalue weighted by Gasteiger charge is -2.21. The predicted octanol–water partition coefficient (Wildman–Crippen LogP) is 2.43. The minimum Gasteiger partial charge on any atom is -0.462 e. The normalized spacial score (nSPS) is 13.6.